The average Bonchev–Trinajstić information content (AvgIpc) is 3.84. The number of phenols is 1. The number of nitrogens with one attached hydrogen (secondary N) is 4. The molecule has 12 heteroatoms. The smallest absolute Gasteiger partial charge is 0.328 e. The molecule has 2 unspecified atom stereocenters. The number of H-pyrrole nitrogens is 1. The molecule has 1 amide bonds. The maximum Gasteiger partial charge on any atom is 0.328 e. The number of hydrogen-bond acceptors (Lipinski definition) is 9. The summed E-state index contributed by atoms with van der Waals surface area (Å²) in [5.74, 6) is -1.10. The number of hydrogen-bond donors (Lipinski definition) is 7. The third kappa shape index (κ3) is 10.3. The third-order valence-electron chi connectivity index (χ3n) is 10.4. The Bertz CT molecular complexity index is 2100. The van der Waals surface area contributed by atoms with Crippen LogP contribution in [0.25, 0.3) is 10.9 Å². The molecule has 0 spiro atoms. The number of fused-ring (bicyclic) bond motifs is 2. The summed E-state index contributed by atoms with van der Waals surface area (Å²) in [4.78, 5) is 43.1. The Kier molecular flexibility index (Phi) is 13.9. The van der Waals surface area contributed by atoms with Crippen LogP contribution in [0, 0.1) is 0 Å². The largest absolute Gasteiger partial charge is 0.506 e. The lowest BCUT2D eigenvalue weighted by Gasteiger charge is -2.27. The number of aromatic nitrogens is 1. The van der Waals surface area contributed by atoms with Crippen LogP contribution in [-0.4, -0.2) is 69.8 Å². The normalized spacial score (nSPS) is 17.3. The van der Waals surface area contributed by atoms with Crippen molar-refractivity contribution in [3.05, 3.63) is 133 Å². The van der Waals surface area contributed by atoms with Crippen molar-refractivity contribution in [2.75, 3.05) is 32.7 Å². The van der Waals surface area contributed by atoms with E-state index in [4.69, 9.17) is 0 Å². The number of thiophene rings is 1. The molecule has 2 aromatic heterocycles. The van der Waals surface area contributed by atoms with E-state index in [1.165, 1.54) is 61.4 Å². The zero-order valence-corrected chi connectivity index (χ0v) is 31.9. The van der Waals surface area contributed by atoms with Gasteiger partial charge in [0, 0.05) is 42.5 Å². The predicted octanol–water partition coefficient (Wildman–Crippen LogP) is 5.82. The second kappa shape index (κ2) is 19.1. The molecule has 55 heavy (non-hydrogen) atoms. The number of carbonyl (C=O) groups excluding carboxylic acids is 1. The van der Waals surface area contributed by atoms with Gasteiger partial charge in [-0.3, -0.25) is 19.8 Å². The van der Waals surface area contributed by atoms with Crippen LogP contribution in [-0.2, 0) is 29.8 Å². The molecule has 0 radical (unpaired) electrons. The number of amides is 1. The number of carboxylic acids is 1. The molecule has 1 aliphatic carbocycles. The van der Waals surface area contributed by atoms with Crippen molar-refractivity contribution >= 4 is 34.1 Å². The summed E-state index contributed by atoms with van der Waals surface area (Å²) in [5.41, 5.74) is 2.76. The lowest BCUT2D eigenvalue weighted by molar-refractivity contribution is -0.145. The number of pyridine rings is 1. The van der Waals surface area contributed by atoms with Gasteiger partial charge in [-0.15, -0.1) is 11.3 Å². The maximum absolute atomic E-state index is 12.6. The van der Waals surface area contributed by atoms with E-state index in [0.29, 0.717) is 60.4 Å². The van der Waals surface area contributed by atoms with Crippen molar-refractivity contribution in [2.24, 2.45) is 0 Å². The molecule has 5 aromatic rings. The van der Waals surface area contributed by atoms with Gasteiger partial charge in [0.05, 0.1) is 16.5 Å². The number of unbranched alkanes of at least 4 members (excludes halogenated alkanes) is 1. The van der Waals surface area contributed by atoms with Crippen LogP contribution in [0.3, 0.4) is 0 Å². The molecule has 0 saturated carbocycles. The number of likely N-dealkylation sites (tertiary alicyclic amines) is 1. The van der Waals surface area contributed by atoms with Crippen LogP contribution >= 0.6 is 11.3 Å². The van der Waals surface area contributed by atoms with Gasteiger partial charge in [-0.2, -0.15) is 0 Å². The van der Waals surface area contributed by atoms with Crippen molar-refractivity contribution in [3.63, 3.8) is 0 Å². The summed E-state index contributed by atoms with van der Waals surface area (Å²) in [7, 11) is 0. The van der Waals surface area contributed by atoms with Crippen molar-refractivity contribution in [3.8, 4) is 5.75 Å². The molecule has 2 atom stereocenters. The summed E-state index contributed by atoms with van der Waals surface area (Å²) >= 11 is 1.35. The molecular weight excluding hydrogens is 715 g/mol. The number of carbonyl (C=O) groups is 2. The van der Waals surface area contributed by atoms with Crippen molar-refractivity contribution < 1.29 is 24.9 Å². The lowest BCUT2D eigenvalue weighted by Crippen LogP contribution is -2.47. The molecule has 0 bridgehead atoms. The minimum atomic E-state index is -1.12. The molecule has 7 N–H and O–H groups in total. The molecular formula is C43H51N5O6S. The monoisotopic (exact) mass is 765 g/mol. The molecule has 11 nitrogen and oxygen atoms in total. The van der Waals surface area contributed by atoms with Crippen LogP contribution in [0.15, 0.2) is 95.8 Å². The number of carboxylic acid groups (broad SMARTS) is 1. The van der Waals surface area contributed by atoms with Crippen LogP contribution < -0.4 is 21.5 Å². The molecule has 1 aliphatic heterocycles. The van der Waals surface area contributed by atoms with Gasteiger partial charge >= 0.3 is 5.97 Å². The number of aromatic amines is 1. The van der Waals surface area contributed by atoms with Crippen LogP contribution in [0.4, 0.5) is 0 Å². The average molecular weight is 766 g/mol. The number of aryl methyl sites for hydroxylation is 1. The Balaban J connectivity index is 0.000000332. The van der Waals surface area contributed by atoms with Crippen molar-refractivity contribution in [1.82, 2.24) is 25.8 Å². The minimum Gasteiger partial charge on any atom is -0.506 e. The second-order valence-electron chi connectivity index (χ2n) is 14.3. The first-order valence-corrected chi connectivity index (χ1v) is 20.0. The van der Waals surface area contributed by atoms with Crippen molar-refractivity contribution in [1.29, 1.82) is 0 Å². The molecule has 1 fully saturated rings. The SMILES string of the molecule is O=C(NCCCCNCC(O)c1ccc(O)c2[nH]c(=O)ccc12)c1ccc(CNC2(C(=O)O)CCc3ccccc32)s1.c1ccc(CN2CCCCC2)cc1. The topological polar surface area (TPSA) is 167 Å². The first kappa shape index (κ1) is 39.8. The van der Waals surface area contributed by atoms with Gasteiger partial charge in [-0.25, -0.2) is 4.79 Å². The zero-order valence-electron chi connectivity index (χ0n) is 31.1. The van der Waals surface area contributed by atoms with Crippen LogP contribution in [0.1, 0.15) is 81.4 Å². The summed E-state index contributed by atoms with van der Waals surface area (Å²) in [5, 5.41) is 40.7. The molecule has 290 valence electrons. The summed E-state index contributed by atoms with van der Waals surface area (Å²) in [6.07, 6.45) is 6.10. The number of phenolic OH excluding ortho intramolecular Hbond substituents is 1. The van der Waals surface area contributed by atoms with E-state index in [0.717, 1.165) is 35.4 Å². The fourth-order valence-corrected chi connectivity index (χ4v) is 8.31. The van der Waals surface area contributed by atoms with Gasteiger partial charge in [-0.05, 0) is 105 Å². The standard InChI is InChI=1S/C31H34N4O6S.C12H17N/c36-24-10-8-21(22-9-12-27(38)35-28(22)24)25(37)18-32-15-3-4-16-33-29(39)26-11-7-20(42-26)17-34-31(30(40)41)14-13-19-5-1-2-6-23(19)31;1-3-7-12(8-4-1)11-13-9-5-2-6-10-13/h1-2,5-12,25,32,34,36-37H,3-4,13-18H2,(H,33,39)(H,35,38)(H,40,41);1,3-4,7-8H,2,5-6,9-11H2. The number of aliphatic hydroxyl groups excluding tert-OH is 1. The minimum absolute atomic E-state index is 0.0501. The Morgan fingerprint density at radius 2 is 1.65 bits per heavy atom. The van der Waals surface area contributed by atoms with Gasteiger partial charge in [0.1, 0.15) is 11.3 Å². The molecule has 3 aromatic carbocycles. The number of aliphatic carboxylic acids is 1. The highest BCUT2D eigenvalue weighted by Crippen LogP contribution is 2.37. The van der Waals surface area contributed by atoms with Gasteiger partial charge < -0.3 is 30.9 Å². The molecule has 7 rings (SSSR count). The number of piperidine rings is 1. The summed E-state index contributed by atoms with van der Waals surface area (Å²) in [6, 6.07) is 28.0. The molecule has 1 saturated heterocycles. The zero-order chi connectivity index (χ0) is 38.6. The van der Waals surface area contributed by atoms with Gasteiger partial charge in [-0.1, -0.05) is 67.1 Å². The Hall–Kier alpha value is -4.85. The van der Waals surface area contributed by atoms with E-state index in [1.807, 2.05) is 30.3 Å². The fraction of sp³-hybridized carbons (Fsp3) is 0.372. The van der Waals surface area contributed by atoms with E-state index in [2.05, 4.69) is 56.2 Å². The Labute approximate surface area is 325 Å². The Morgan fingerprint density at radius 1 is 0.891 bits per heavy atom. The van der Waals surface area contributed by atoms with E-state index in [1.54, 1.807) is 18.2 Å². The number of aliphatic hydroxyl groups is 1. The highest BCUT2D eigenvalue weighted by Gasteiger charge is 2.45. The van der Waals surface area contributed by atoms with Gasteiger partial charge in [0.15, 0.2) is 0 Å². The van der Waals surface area contributed by atoms with Crippen LogP contribution in [0.5, 0.6) is 5.75 Å². The number of aromatic hydroxyl groups is 1. The number of benzene rings is 3. The third-order valence-corrected chi connectivity index (χ3v) is 11.5. The quantitative estimate of drug-likeness (QED) is 0.0651. The summed E-state index contributed by atoms with van der Waals surface area (Å²) < 4.78 is 0. The first-order valence-electron chi connectivity index (χ1n) is 19.2. The van der Waals surface area contributed by atoms with Crippen molar-refractivity contribution in [2.45, 2.75) is 69.7 Å². The predicted molar refractivity (Wildman–Crippen MR) is 216 cm³/mol. The second-order valence-corrected chi connectivity index (χ2v) is 15.4. The maximum atomic E-state index is 12.6. The highest BCUT2D eigenvalue weighted by atomic mass is 32.1. The Morgan fingerprint density at radius 3 is 2.45 bits per heavy atom. The van der Waals surface area contributed by atoms with E-state index in [9.17, 15) is 29.7 Å². The highest BCUT2D eigenvalue weighted by molar-refractivity contribution is 7.14. The first-order chi connectivity index (χ1) is 26.7. The van der Waals surface area contributed by atoms with Gasteiger partial charge in [0.2, 0.25) is 5.56 Å². The molecule has 2 aliphatic rings. The molecule has 3 heterocycles. The van der Waals surface area contributed by atoms with E-state index in [-0.39, 0.29) is 17.2 Å². The van der Waals surface area contributed by atoms with Crippen LogP contribution in [0.2, 0.25) is 0 Å². The number of nitrogens with zero attached hydrogens (tertiary/aromatic N) is 1. The number of rotatable bonds is 15. The lowest BCUT2D eigenvalue weighted by atomic mass is 9.92. The van der Waals surface area contributed by atoms with Gasteiger partial charge in [0.25, 0.3) is 5.91 Å². The van der Waals surface area contributed by atoms with E-state index >= 15 is 0 Å². The van der Waals surface area contributed by atoms with E-state index < -0.39 is 17.6 Å². The fourth-order valence-electron chi connectivity index (χ4n) is 7.45. The summed E-state index contributed by atoms with van der Waals surface area (Å²) in [6.45, 7) is 5.51.